The summed E-state index contributed by atoms with van der Waals surface area (Å²) < 4.78 is 40.8. The predicted molar refractivity (Wildman–Crippen MR) is 114 cm³/mol. The van der Waals surface area contributed by atoms with Crippen LogP contribution in [0.25, 0.3) is 0 Å². The Morgan fingerprint density at radius 2 is 1.77 bits per heavy atom. The molecule has 0 atom stereocenters. The summed E-state index contributed by atoms with van der Waals surface area (Å²) in [7, 11) is -3.79. The Labute approximate surface area is 181 Å². The summed E-state index contributed by atoms with van der Waals surface area (Å²) in [5, 5.41) is 10.8. The second kappa shape index (κ2) is 9.81. The van der Waals surface area contributed by atoms with Crippen LogP contribution in [0.15, 0.2) is 63.7 Å². The van der Waals surface area contributed by atoms with Gasteiger partial charge in [0, 0.05) is 38.8 Å². The van der Waals surface area contributed by atoms with Gasteiger partial charge in [0.05, 0.1) is 4.90 Å². The van der Waals surface area contributed by atoms with Gasteiger partial charge in [-0.25, -0.2) is 17.5 Å². The van der Waals surface area contributed by atoms with E-state index in [2.05, 4.69) is 26.2 Å². The number of carbonyl (C=O) groups excluding carboxylic acids is 1. The van der Waals surface area contributed by atoms with Crippen LogP contribution < -0.4 is 10.0 Å². The number of sulfonamides is 1. The maximum absolute atomic E-state index is 13.3. The van der Waals surface area contributed by atoms with E-state index >= 15 is 0 Å². The second-order valence-electron chi connectivity index (χ2n) is 7.27. The van der Waals surface area contributed by atoms with Crippen molar-refractivity contribution in [3.8, 4) is 12.3 Å². The summed E-state index contributed by atoms with van der Waals surface area (Å²) in [5.41, 5.74) is 0.649. The third-order valence-corrected chi connectivity index (χ3v) is 6.26. The highest BCUT2D eigenvalue weighted by Crippen LogP contribution is 2.37. The minimum absolute atomic E-state index is 0.0292. The van der Waals surface area contributed by atoms with Gasteiger partial charge in [0.1, 0.15) is 5.82 Å². The van der Waals surface area contributed by atoms with Gasteiger partial charge in [0.25, 0.3) is 0 Å². The molecule has 0 saturated heterocycles. The molecule has 0 saturated carbocycles. The monoisotopic (exact) mass is 442 g/mol. The lowest BCUT2D eigenvalue weighted by atomic mass is 10.0. The van der Waals surface area contributed by atoms with Crippen LogP contribution in [0.1, 0.15) is 36.8 Å². The van der Waals surface area contributed by atoms with Crippen molar-refractivity contribution in [2.75, 3.05) is 0 Å². The number of nitrogens with zero attached hydrogens (tertiary/aromatic N) is 2. The van der Waals surface area contributed by atoms with E-state index in [9.17, 15) is 17.6 Å². The smallest absolute Gasteiger partial charge is 0.240 e. The van der Waals surface area contributed by atoms with E-state index in [4.69, 9.17) is 6.42 Å². The lowest BCUT2D eigenvalue weighted by molar-refractivity contribution is -0.121. The molecule has 0 aliphatic carbocycles. The Hall–Kier alpha value is -3.09. The van der Waals surface area contributed by atoms with Crippen molar-refractivity contribution in [3.63, 3.8) is 0 Å². The average molecular weight is 443 g/mol. The minimum Gasteiger partial charge on any atom is -0.352 e. The Kier molecular flexibility index (Phi) is 7.15. The minimum atomic E-state index is -3.79. The summed E-state index contributed by atoms with van der Waals surface area (Å²) in [6.07, 6.45) is 7.20. The molecule has 2 aromatic carbocycles. The highest BCUT2D eigenvalue weighted by Gasteiger charge is 2.39. The third kappa shape index (κ3) is 6.70. The van der Waals surface area contributed by atoms with Crippen LogP contribution in [0.2, 0.25) is 0 Å². The molecule has 3 rings (SSSR count). The fraction of sp³-hybridized carbons (Fsp3) is 0.318. The molecule has 9 heteroatoms. The van der Waals surface area contributed by atoms with E-state index in [1.807, 2.05) is 0 Å². The first-order valence-electron chi connectivity index (χ1n) is 9.79. The van der Waals surface area contributed by atoms with Crippen LogP contribution in [0.3, 0.4) is 0 Å². The first-order valence-corrected chi connectivity index (χ1v) is 11.3. The summed E-state index contributed by atoms with van der Waals surface area (Å²) in [5.74, 6) is 1.94. The Bertz CT molecular complexity index is 1120. The van der Waals surface area contributed by atoms with Crippen molar-refractivity contribution in [2.24, 2.45) is 10.2 Å². The average Bonchev–Trinajstić information content (AvgIpc) is 3.54. The number of nitrogens with one attached hydrogen (secondary N) is 2. The van der Waals surface area contributed by atoms with Crippen molar-refractivity contribution < 1.29 is 17.6 Å². The van der Waals surface area contributed by atoms with Crippen LogP contribution in [-0.2, 0) is 27.9 Å². The van der Waals surface area contributed by atoms with Crippen LogP contribution in [0, 0.1) is 18.2 Å². The van der Waals surface area contributed by atoms with Crippen molar-refractivity contribution in [3.05, 3.63) is 65.5 Å². The van der Waals surface area contributed by atoms with E-state index in [1.54, 1.807) is 18.2 Å². The van der Waals surface area contributed by atoms with Gasteiger partial charge in [-0.15, -0.1) is 12.3 Å². The van der Waals surface area contributed by atoms with Crippen molar-refractivity contribution >= 4 is 15.9 Å². The van der Waals surface area contributed by atoms with Gasteiger partial charge >= 0.3 is 0 Å². The lowest BCUT2D eigenvalue weighted by Gasteiger charge is -2.11. The quantitative estimate of drug-likeness (QED) is 0.522. The molecule has 1 heterocycles. The Morgan fingerprint density at radius 1 is 1.06 bits per heavy atom. The first kappa shape index (κ1) is 22.6. The highest BCUT2D eigenvalue weighted by molar-refractivity contribution is 7.89. The van der Waals surface area contributed by atoms with Crippen LogP contribution >= 0.6 is 0 Å². The van der Waals surface area contributed by atoms with Gasteiger partial charge < -0.3 is 5.32 Å². The molecular formula is C22H23FN4O3S. The molecule has 0 unspecified atom stereocenters. The van der Waals surface area contributed by atoms with Crippen molar-refractivity contribution in [1.82, 2.24) is 10.0 Å². The van der Waals surface area contributed by atoms with Gasteiger partial charge in [-0.05, 0) is 35.4 Å². The zero-order valence-corrected chi connectivity index (χ0v) is 17.7. The molecule has 2 N–H and O–H groups in total. The van der Waals surface area contributed by atoms with E-state index in [0.717, 1.165) is 0 Å². The third-order valence-electron chi connectivity index (χ3n) is 4.86. The maximum atomic E-state index is 13.3. The fourth-order valence-corrected chi connectivity index (χ4v) is 4.09. The number of carbonyl (C=O) groups is 1. The maximum Gasteiger partial charge on any atom is 0.240 e. The highest BCUT2D eigenvalue weighted by atomic mass is 32.2. The van der Waals surface area contributed by atoms with E-state index < -0.39 is 21.5 Å². The van der Waals surface area contributed by atoms with Crippen LogP contribution in [0.4, 0.5) is 4.39 Å². The number of rotatable bonds is 11. The molecule has 1 aliphatic rings. The second-order valence-corrected chi connectivity index (χ2v) is 9.03. The van der Waals surface area contributed by atoms with E-state index in [0.29, 0.717) is 30.4 Å². The molecule has 2 aromatic rings. The van der Waals surface area contributed by atoms with Crippen LogP contribution in [0.5, 0.6) is 0 Å². The molecule has 1 amide bonds. The molecule has 7 nitrogen and oxygen atoms in total. The molecular weight excluding hydrogens is 419 g/mol. The van der Waals surface area contributed by atoms with Gasteiger partial charge in [0.15, 0.2) is 5.66 Å². The topological polar surface area (TPSA) is 100.0 Å². The molecule has 0 aromatic heterocycles. The molecule has 1 aliphatic heterocycles. The molecule has 0 spiro atoms. The van der Waals surface area contributed by atoms with Gasteiger partial charge in [-0.1, -0.05) is 24.3 Å². The van der Waals surface area contributed by atoms with Gasteiger partial charge in [-0.2, -0.15) is 10.2 Å². The number of hydrogen-bond donors (Lipinski definition) is 2. The number of benzene rings is 2. The van der Waals surface area contributed by atoms with Crippen LogP contribution in [-0.4, -0.2) is 20.0 Å². The number of amides is 1. The van der Waals surface area contributed by atoms with E-state index in [-0.39, 0.29) is 30.3 Å². The zero-order chi connectivity index (χ0) is 22.3. The number of halogens is 1. The standard InChI is InChI=1S/C22H23FN4O3S/c1-2-3-11-22(26-27-22)12-10-21(28)24-15-18-7-5-9-20(14-18)31(29,30)25-16-17-6-4-8-19(23)13-17/h1,4-9,13-14,25H,3,10-12,15-16H2,(H,24,28). The van der Waals surface area contributed by atoms with E-state index in [1.165, 1.54) is 30.3 Å². The summed E-state index contributed by atoms with van der Waals surface area (Å²) >= 11 is 0. The van der Waals surface area contributed by atoms with Crippen molar-refractivity contribution in [2.45, 2.75) is 49.3 Å². The molecule has 162 valence electrons. The summed E-state index contributed by atoms with van der Waals surface area (Å²) in [4.78, 5) is 12.2. The summed E-state index contributed by atoms with van der Waals surface area (Å²) in [6.45, 7) is 0.163. The summed E-state index contributed by atoms with van der Waals surface area (Å²) in [6, 6.07) is 12.0. The van der Waals surface area contributed by atoms with Gasteiger partial charge in [-0.3, -0.25) is 4.79 Å². The Balaban J connectivity index is 1.51. The molecule has 31 heavy (non-hydrogen) atoms. The molecule has 0 fully saturated rings. The largest absolute Gasteiger partial charge is 0.352 e. The number of terminal acetylenes is 1. The Morgan fingerprint density at radius 3 is 2.45 bits per heavy atom. The fourth-order valence-electron chi connectivity index (χ4n) is 3.00. The molecule has 0 radical (unpaired) electrons. The normalized spacial score (nSPS) is 14.1. The lowest BCUT2D eigenvalue weighted by Crippen LogP contribution is -2.25. The van der Waals surface area contributed by atoms with Gasteiger partial charge in [0.2, 0.25) is 15.9 Å². The first-order chi connectivity index (χ1) is 14.8. The predicted octanol–water partition coefficient (Wildman–Crippen LogP) is 3.28. The zero-order valence-electron chi connectivity index (χ0n) is 16.8. The van der Waals surface area contributed by atoms with Crippen molar-refractivity contribution in [1.29, 1.82) is 0 Å². The SMILES string of the molecule is C#CCCC1(CCC(=O)NCc2cccc(S(=O)(=O)NCc3cccc(F)c3)c2)N=N1. The molecule has 0 bridgehead atoms. The number of hydrogen-bond acceptors (Lipinski definition) is 5.